The predicted molar refractivity (Wildman–Crippen MR) is 122 cm³/mol. The highest BCUT2D eigenvalue weighted by molar-refractivity contribution is 7.21. The number of carbonyl (C=O) groups is 2. The number of aromatic nitrogens is 3. The van der Waals surface area contributed by atoms with Gasteiger partial charge < -0.3 is 21.2 Å². The number of benzene rings is 1. The van der Waals surface area contributed by atoms with Crippen LogP contribution in [0.5, 0.6) is 0 Å². The highest BCUT2D eigenvalue weighted by atomic mass is 35.5. The van der Waals surface area contributed by atoms with Crippen LogP contribution in [0.4, 0.5) is 24.7 Å². The number of thiophene rings is 1. The lowest BCUT2D eigenvalue weighted by Crippen LogP contribution is -2.17. The number of aromatic amines is 1. The third kappa shape index (κ3) is 4.40. The smallest absolute Gasteiger partial charge is 0.365 e. The van der Waals surface area contributed by atoms with Crippen molar-refractivity contribution in [3.63, 3.8) is 0 Å². The van der Waals surface area contributed by atoms with Crippen LogP contribution in [0, 0.1) is 17.0 Å². The van der Waals surface area contributed by atoms with E-state index in [9.17, 15) is 32.9 Å². The number of pyridine rings is 1. The van der Waals surface area contributed by atoms with Crippen molar-refractivity contribution in [1.29, 1.82) is 0 Å². The van der Waals surface area contributed by atoms with Crippen molar-refractivity contribution < 1.29 is 27.7 Å². The summed E-state index contributed by atoms with van der Waals surface area (Å²) >= 11 is 6.42. The minimum atomic E-state index is -4.80. The van der Waals surface area contributed by atoms with Crippen molar-refractivity contribution in [2.24, 2.45) is 5.73 Å². The van der Waals surface area contributed by atoms with Crippen LogP contribution in [0.25, 0.3) is 21.3 Å². The van der Waals surface area contributed by atoms with E-state index >= 15 is 0 Å². The Morgan fingerprint density at radius 3 is 2.46 bits per heavy atom. The first kappa shape index (κ1) is 24.1. The van der Waals surface area contributed by atoms with E-state index in [1.165, 1.54) is 0 Å². The van der Waals surface area contributed by atoms with E-state index in [4.69, 9.17) is 17.3 Å². The second-order valence-electron chi connectivity index (χ2n) is 7.22. The SMILES string of the molecule is Cc1ccc(-c2cc(C(F)(F)F)nc3sc(C(N)=O)c(NC(=O)c4n[nH]c([N+](=O)[O-])c4Cl)c23)cc1. The summed E-state index contributed by atoms with van der Waals surface area (Å²) in [7, 11) is 0. The van der Waals surface area contributed by atoms with Gasteiger partial charge in [-0.1, -0.05) is 46.5 Å². The molecule has 0 saturated heterocycles. The van der Waals surface area contributed by atoms with Crippen LogP contribution in [-0.2, 0) is 6.18 Å². The summed E-state index contributed by atoms with van der Waals surface area (Å²) in [6, 6.07) is 7.30. The quantitative estimate of drug-likeness (QED) is 0.248. The molecule has 180 valence electrons. The molecule has 2 amide bonds. The Morgan fingerprint density at radius 2 is 1.91 bits per heavy atom. The third-order valence-electron chi connectivity index (χ3n) is 4.86. The normalized spacial score (nSPS) is 11.6. The number of alkyl halides is 3. The zero-order chi connectivity index (χ0) is 25.7. The van der Waals surface area contributed by atoms with Gasteiger partial charge in [-0.2, -0.15) is 13.2 Å². The first-order chi connectivity index (χ1) is 16.4. The van der Waals surface area contributed by atoms with Crippen LogP contribution in [0.15, 0.2) is 30.3 Å². The van der Waals surface area contributed by atoms with Gasteiger partial charge in [0.15, 0.2) is 10.7 Å². The molecule has 0 atom stereocenters. The average molecular weight is 525 g/mol. The van der Waals surface area contributed by atoms with Crippen molar-refractivity contribution in [2.75, 3.05) is 5.32 Å². The highest BCUT2D eigenvalue weighted by Crippen LogP contribution is 2.44. The first-order valence-electron chi connectivity index (χ1n) is 9.49. The number of nitrogens with one attached hydrogen (secondary N) is 2. The molecule has 0 radical (unpaired) electrons. The number of nitrogens with two attached hydrogens (primary N) is 1. The monoisotopic (exact) mass is 524 g/mol. The van der Waals surface area contributed by atoms with Gasteiger partial charge in [-0.05, 0) is 29.0 Å². The van der Waals surface area contributed by atoms with Crippen LogP contribution in [-0.4, -0.2) is 31.9 Å². The van der Waals surface area contributed by atoms with E-state index < -0.39 is 45.1 Å². The summed E-state index contributed by atoms with van der Waals surface area (Å²) in [6.45, 7) is 1.79. The van der Waals surface area contributed by atoms with Crippen LogP contribution in [0.2, 0.25) is 5.02 Å². The molecule has 4 aromatic rings. The number of H-pyrrole nitrogens is 1. The number of amides is 2. The Morgan fingerprint density at radius 1 is 1.26 bits per heavy atom. The molecule has 0 aliphatic heterocycles. The Balaban J connectivity index is 1.96. The second-order valence-corrected chi connectivity index (χ2v) is 8.59. The molecular weight excluding hydrogens is 513 g/mol. The number of hydrogen-bond donors (Lipinski definition) is 3. The number of aryl methyl sites for hydroxylation is 1. The fourth-order valence-electron chi connectivity index (χ4n) is 3.26. The summed E-state index contributed by atoms with van der Waals surface area (Å²) in [6.07, 6.45) is -4.80. The average Bonchev–Trinajstić information content (AvgIpc) is 3.34. The second kappa shape index (κ2) is 8.63. The van der Waals surface area contributed by atoms with Gasteiger partial charge in [0.25, 0.3) is 11.8 Å². The number of nitro groups is 1. The van der Waals surface area contributed by atoms with Gasteiger partial charge in [0.1, 0.15) is 15.4 Å². The van der Waals surface area contributed by atoms with Gasteiger partial charge in [-0.15, -0.1) is 16.4 Å². The molecule has 0 bridgehead atoms. The maximum atomic E-state index is 13.6. The molecule has 0 aliphatic rings. The summed E-state index contributed by atoms with van der Waals surface area (Å²) in [5, 5.41) is 18.3. The van der Waals surface area contributed by atoms with Crippen molar-refractivity contribution in [1.82, 2.24) is 15.2 Å². The fourth-order valence-corrected chi connectivity index (χ4v) is 4.51. The van der Waals surface area contributed by atoms with Gasteiger partial charge in [0.05, 0.1) is 5.69 Å². The van der Waals surface area contributed by atoms with Gasteiger partial charge >= 0.3 is 12.0 Å². The van der Waals surface area contributed by atoms with Crippen molar-refractivity contribution in [2.45, 2.75) is 13.1 Å². The molecule has 15 heteroatoms. The van der Waals surface area contributed by atoms with Crippen LogP contribution in [0.3, 0.4) is 0 Å². The van der Waals surface area contributed by atoms with Crippen molar-refractivity contribution in [3.8, 4) is 11.1 Å². The Hall–Kier alpha value is -4.04. The maximum Gasteiger partial charge on any atom is 0.433 e. The molecule has 0 fully saturated rings. The van der Waals surface area contributed by atoms with E-state index in [1.54, 1.807) is 31.2 Å². The Bertz CT molecular complexity index is 1510. The standard InChI is InChI=1S/C20H12ClF3N6O4S/c1-7-2-4-8(5-3-7)9-6-10(20(22,23)24)26-19-11(9)13(15(35-19)16(25)31)27-18(32)14-12(21)17(29-28-14)30(33)34/h2-6H,1H3,(H2,25,31)(H,27,32)(H,28,29). The summed E-state index contributed by atoms with van der Waals surface area (Å²) in [5.74, 6) is -2.83. The minimum absolute atomic E-state index is 0.0233. The lowest BCUT2D eigenvalue weighted by molar-refractivity contribution is -0.389. The molecule has 3 aromatic heterocycles. The minimum Gasteiger partial charge on any atom is -0.365 e. The van der Waals surface area contributed by atoms with Gasteiger partial charge in [0.2, 0.25) is 0 Å². The molecule has 0 spiro atoms. The van der Waals surface area contributed by atoms with E-state index in [0.717, 1.165) is 11.6 Å². The fraction of sp³-hybridized carbons (Fsp3) is 0.100. The molecule has 0 aliphatic carbocycles. The molecular formula is C20H12ClF3N6O4S. The number of fused-ring (bicyclic) bond motifs is 1. The number of primary amides is 1. The van der Waals surface area contributed by atoms with E-state index in [-0.39, 0.29) is 26.3 Å². The van der Waals surface area contributed by atoms with Crippen LogP contribution in [0.1, 0.15) is 31.4 Å². The third-order valence-corrected chi connectivity index (χ3v) is 6.32. The summed E-state index contributed by atoms with van der Waals surface area (Å²) in [4.78, 5) is 38.2. The van der Waals surface area contributed by atoms with Gasteiger partial charge in [-0.25, -0.2) is 4.98 Å². The van der Waals surface area contributed by atoms with Crippen molar-refractivity contribution >= 4 is 56.5 Å². The number of halogens is 4. The maximum absolute atomic E-state index is 13.6. The summed E-state index contributed by atoms with van der Waals surface area (Å²) < 4.78 is 40.8. The molecule has 1 aromatic carbocycles. The van der Waals surface area contributed by atoms with E-state index in [0.29, 0.717) is 16.9 Å². The number of nitrogens with zero attached hydrogens (tertiary/aromatic N) is 3. The molecule has 0 saturated carbocycles. The van der Waals surface area contributed by atoms with Crippen molar-refractivity contribution in [3.05, 3.63) is 67.3 Å². The Kier molecular flexibility index (Phi) is 5.94. The van der Waals surface area contributed by atoms with Crippen LogP contribution >= 0.6 is 22.9 Å². The number of rotatable bonds is 5. The first-order valence-corrected chi connectivity index (χ1v) is 10.7. The largest absolute Gasteiger partial charge is 0.433 e. The Labute approximate surface area is 202 Å². The lowest BCUT2D eigenvalue weighted by atomic mass is 10.00. The van der Waals surface area contributed by atoms with Gasteiger partial charge in [0, 0.05) is 5.39 Å². The highest BCUT2D eigenvalue weighted by Gasteiger charge is 2.35. The molecule has 3 heterocycles. The zero-order valence-electron chi connectivity index (χ0n) is 17.4. The molecule has 10 nitrogen and oxygen atoms in total. The lowest BCUT2D eigenvalue weighted by Gasteiger charge is -2.12. The van der Waals surface area contributed by atoms with Gasteiger partial charge in [-0.3, -0.25) is 9.59 Å². The zero-order valence-corrected chi connectivity index (χ0v) is 18.9. The molecule has 35 heavy (non-hydrogen) atoms. The summed E-state index contributed by atoms with van der Waals surface area (Å²) in [5.41, 5.74) is 4.67. The molecule has 4 N–H and O–H groups in total. The van der Waals surface area contributed by atoms with E-state index in [1.807, 2.05) is 5.10 Å². The van der Waals surface area contributed by atoms with Crippen LogP contribution < -0.4 is 11.1 Å². The molecule has 0 unspecified atom stereocenters. The van der Waals surface area contributed by atoms with E-state index in [2.05, 4.69) is 15.4 Å². The molecule has 4 rings (SSSR count). The number of anilines is 1. The predicted octanol–water partition coefficient (Wildman–Crippen LogP) is 4.93. The number of hydrogen-bond acceptors (Lipinski definition) is 7. The topological polar surface area (TPSA) is 157 Å². The number of carbonyl (C=O) groups excluding carboxylic acids is 2.